The van der Waals surface area contributed by atoms with E-state index in [1.807, 2.05) is 0 Å². The van der Waals surface area contributed by atoms with Gasteiger partial charge in [-0.05, 0) is 54.9 Å². The molecule has 0 bridgehead atoms. The van der Waals surface area contributed by atoms with E-state index in [1.54, 1.807) is 7.11 Å². The second kappa shape index (κ2) is 9.34. The van der Waals surface area contributed by atoms with Gasteiger partial charge in [-0.3, -0.25) is 4.79 Å². The zero-order valence-electron chi connectivity index (χ0n) is 24.3. The second-order valence-electron chi connectivity index (χ2n) is 13.8. The number of hydrogen-bond donors (Lipinski definition) is 2. The van der Waals surface area contributed by atoms with Crippen LogP contribution in [0.5, 0.6) is 0 Å². The van der Waals surface area contributed by atoms with Crippen LogP contribution < -0.4 is 0 Å². The van der Waals surface area contributed by atoms with Crippen molar-refractivity contribution < 1.29 is 48.2 Å². The van der Waals surface area contributed by atoms with E-state index in [1.165, 1.54) is 18.6 Å². The molecule has 2 saturated heterocycles. The van der Waals surface area contributed by atoms with Crippen LogP contribution in [0.3, 0.4) is 0 Å². The summed E-state index contributed by atoms with van der Waals surface area (Å²) in [6, 6.07) is 0. The van der Waals surface area contributed by atoms with E-state index >= 15 is 0 Å². The predicted molar refractivity (Wildman–Crippen MR) is 142 cm³/mol. The number of cyclic esters (lactones) is 1. The summed E-state index contributed by atoms with van der Waals surface area (Å²) in [5.41, 5.74) is 0.167. The zero-order valence-corrected chi connectivity index (χ0v) is 24.3. The SMILES string of the molecule is CO[C@@H]1CCO[C@H]2O[C@@H]3C=C4CC[C@@H]5[C@H](CC[C@]6(C)[C@@H](C7=CC(=O)OC7)[C@@H](OC(C)=O)C[C@]56O)[C@@]4(C)C[C@H]3OC21O. The molecule has 0 amide bonds. The van der Waals surface area contributed by atoms with E-state index in [4.69, 9.17) is 28.4 Å². The summed E-state index contributed by atoms with van der Waals surface area (Å²) in [5, 5.41) is 24.3. The summed E-state index contributed by atoms with van der Waals surface area (Å²) in [6.07, 6.45) is 5.69. The van der Waals surface area contributed by atoms with E-state index in [0.29, 0.717) is 25.9 Å². The first-order chi connectivity index (χ1) is 19.4. The quantitative estimate of drug-likeness (QED) is 0.383. The van der Waals surface area contributed by atoms with Crippen molar-refractivity contribution in [2.24, 2.45) is 28.6 Å². The molecule has 2 N–H and O–H groups in total. The van der Waals surface area contributed by atoms with E-state index in [0.717, 1.165) is 31.3 Å². The van der Waals surface area contributed by atoms with Crippen molar-refractivity contribution in [2.45, 2.75) is 108 Å². The lowest BCUT2D eigenvalue weighted by Gasteiger charge is -2.63. The number of carbonyl (C=O) groups excluding carboxylic acids is 2. The van der Waals surface area contributed by atoms with Crippen molar-refractivity contribution >= 4 is 11.9 Å². The first kappa shape index (κ1) is 28.0. The monoisotopic (exact) mass is 574 g/mol. The predicted octanol–water partition coefficient (Wildman–Crippen LogP) is 2.55. The fraction of sp³-hybridized carbons (Fsp3) is 0.806. The number of rotatable bonds is 3. The van der Waals surface area contributed by atoms with Crippen LogP contribution in [0.15, 0.2) is 23.3 Å². The van der Waals surface area contributed by atoms with Crippen molar-refractivity contribution in [3.63, 3.8) is 0 Å². The van der Waals surface area contributed by atoms with E-state index < -0.39 is 35.3 Å². The van der Waals surface area contributed by atoms with Gasteiger partial charge in [0.2, 0.25) is 12.1 Å². The van der Waals surface area contributed by atoms with Gasteiger partial charge in [-0.1, -0.05) is 25.5 Å². The molecule has 3 heterocycles. The highest BCUT2D eigenvalue weighted by Crippen LogP contribution is 2.70. The number of allylic oxidation sites excluding steroid dienone is 1. The molecule has 10 nitrogen and oxygen atoms in total. The Morgan fingerprint density at radius 1 is 1.12 bits per heavy atom. The van der Waals surface area contributed by atoms with Gasteiger partial charge in [0.1, 0.15) is 24.9 Å². The summed E-state index contributed by atoms with van der Waals surface area (Å²) in [6.45, 7) is 6.36. The Morgan fingerprint density at radius 3 is 2.63 bits per heavy atom. The highest BCUT2D eigenvalue weighted by Gasteiger charge is 2.71. The van der Waals surface area contributed by atoms with E-state index in [-0.39, 0.29) is 53.9 Å². The third-order valence-electron chi connectivity index (χ3n) is 12.0. The maximum absolute atomic E-state index is 12.8. The number of esters is 2. The van der Waals surface area contributed by atoms with Crippen molar-refractivity contribution in [1.29, 1.82) is 0 Å². The lowest BCUT2D eigenvalue weighted by molar-refractivity contribution is -0.442. The van der Waals surface area contributed by atoms with Crippen LogP contribution in [0.1, 0.15) is 65.7 Å². The summed E-state index contributed by atoms with van der Waals surface area (Å²) in [7, 11) is 1.56. The van der Waals surface area contributed by atoms with Crippen molar-refractivity contribution in [2.75, 3.05) is 20.3 Å². The molecule has 7 rings (SSSR count). The molecule has 12 atom stereocenters. The molecule has 3 aliphatic heterocycles. The number of aliphatic hydroxyl groups is 2. The maximum atomic E-state index is 12.8. The number of methoxy groups -OCH3 is 1. The van der Waals surface area contributed by atoms with E-state index in [9.17, 15) is 19.8 Å². The first-order valence-electron chi connectivity index (χ1n) is 15.1. The van der Waals surface area contributed by atoms with Gasteiger partial charge in [0.25, 0.3) is 0 Å². The van der Waals surface area contributed by atoms with E-state index in [2.05, 4.69) is 19.9 Å². The smallest absolute Gasteiger partial charge is 0.331 e. The van der Waals surface area contributed by atoms with Crippen LogP contribution in [0, 0.1) is 28.6 Å². The molecule has 7 aliphatic rings. The molecule has 10 heteroatoms. The summed E-state index contributed by atoms with van der Waals surface area (Å²) < 4.78 is 35.2. The Hall–Kier alpha value is -1.82. The molecular formula is C31H42O10. The minimum atomic E-state index is -1.68. The van der Waals surface area contributed by atoms with Crippen LogP contribution >= 0.6 is 0 Å². The molecule has 41 heavy (non-hydrogen) atoms. The minimum absolute atomic E-state index is 0.0355. The van der Waals surface area contributed by atoms with Gasteiger partial charge in [-0.25, -0.2) is 4.79 Å². The van der Waals surface area contributed by atoms with Crippen LogP contribution in [0.2, 0.25) is 0 Å². The number of ether oxygens (including phenoxy) is 6. The van der Waals surface area contributed by atoms with Crippen LogP contribution in [-0.2, 0) is 38.0 Å². The number of hydrogen-bond acceptors (Lipinski definition) is 10. The molecule has 3 saturated carbocycles. The second-order valence-corrected chi connectivity index (χ2v) is 13.8. The normalized spacial score (nSPS) is 52.1. The molecular weight excluding hydrogens is 532 g/mol. The Balaban J connectivity index is 1.21. The standard InChI is InChI=1S/C31H42O10/c1-16(32)39-23-14-30(34)20-6-5-18-12-21-22(41-31(35)24(36-4)8-10-37-27(31)40-21)13-28(18,2)19(20)7-9-29(30,3)26(23)17-11-25(33)38-15-17/h11-12,19-24,26-27,34-35H,5-10,13-15H2,1-4H3/t19-,20+,21+,22+,23-,24+,26-,27-,28-,29+,30-,31?/m0/s1. The van der Waals surface area contributed by atoms with Crippen molar-refractivity contribution in [1.82, 2.24) is 0 Å². The molecule has 4 aliphatic carbocycles. The average molecular weight is 575 g/mol. The minimum Gasteiger partial charge on any atom is -0.462 e. The van der Waals surface area contributed by atoms with Crippen LogP contribution in [-0.4, -0.2) is 84.6 Å². The Kier molecular flexibility index (Phi) is 6.37. The van der Waals surface area contributed by atoms with Crippen LogP contribution in [0.25, 0.3) is 0 Å². The molecule has 226 valence electrons. The Morgan fingerprint density at radius 2 is 1.93 bits per heavy atom. The van der Waals surface area contributed by atoms with Gasteiger partial charge in [0, 0.05) is 44.3 Å². The number of fused-ring (bicyclic) bond motifs is 7. The Labute approximate surface area is 240 Å². The van der Waals surface area contributed by atoms with Gasteiger partial charge in [0.05, 0.1) is 18.3 Å². The van der Waals surface area contributed by atoms with Gasteiger partial charge in [-0.2, -0.15) is 0 Å². The average Bonchev–Trinajstić information content (AvgIpc) is 3.42. The number of carbonyl (C=O) groups is 2. The molecule has 0 spiro atoms. The van der Waals surface area contributed by atoms with Gasteiger partial charge in [0.15, 0.2) is 0 Å². The summed E-state index contributed by atoms with van der Waals surface area (Å²) >= 11 is 0. The molecule has 0 aromatic carbocycles. The van der Waals surface area contributed by atoms with Crippen LogP contribution in [0.4, 0.5) is 0 Å². The Bertz CT molecular complexity index is 1200. The lowest BCUT2D eigenvalue weighted by atomic mass is 9.45. The maximum Gasteiger partial charge on any atom is 0.331 e. The highest BCUT2D eigenvalue weighted by molar-refractivity contribution is 5.85. The fourth-order valence-corrected chi connectivity index (χ4v) is 10.2. The third kappa shape index (κ3) is 3.83. The van der Waals surface area contributed by atoms with Crippen molar-refractivity contribution in [3.05, 3.63) is 23.3 Å². The molecule has 5 fully saturated rings. The largest absolute Gasteiger partial charge is 0.462 e. The fourth-order valence-electron chi connectivity index (χ4n) is 10.2. The topological polar surface area (TPSA) is 130 Å². The third-order valence-corrected chi connectivity index (χ3v) is 12.0. The molecule has 0 aromatic rings. The van der Waals surface area contributed by atoms with Gasteiger partial charge < -0.3 is 38.6 Å². The zero-order chi connectivity index (χ0) is 28.9. The molecule has 0 radical (unpaired) electrons. The highest BCUT2D eigenvalue weighted by atomic mass is 16.8. The lowest BCUT2D eigenvalue weighted by Crippen LogP contribution is -2.68. The van der Waals surface area contributed by atoms with Gasteiger partial charge in [-0.15, -0.1) is 0 Å². The summed E-state index contributed by atoms with van der Waals surface area (Å²) in [5.74, 6) is -2.62. The molecule has 1 unspecified atom stereocenters. The first-order valence-corrected chi connectivity index (χ1v) is 15.1. The van der Waals surface area contributed by atoms with Gasteiger partial charge >= 0.3 is 11.9 Å². The summed E-state index contributed by atoms with van der Waals surface area (Å²) in [4.78, 5) is 24.2. The molecule has 0 aromatic heterocycles. The van der Waals surface area contributed by atoms with Crippen molar-refractivity contribution in [3.8, 4) is 0 Å².